The van der Waals surface area contributed by atoms with Gasteiger partial charge in [0.2, 0.25) is 0 Å². The van der Waals surface area contributed by atoms with Crippen LogP contribution in [0.25, 0.3) is 0 Å². The zero-order chi connectivity index (χ0) is 13.5. The fraction of sp³-hybridized carbons (Fsp3) is 0.571. The molecule has 0 aliphatic carbocycles. The topological polar surface area (TPSA) is 29.3 Å². The fourth-order valence-electron chi connectivity index (χ4n) is 2.02. The minimum absolute atomic E-state index is 0.263. The smallest absolute Gasteiger partial charge is 0.0470 e. The summed E-state index contributed by atoms with van der Waals surface area (Å²) in [7, 11) is 2.15. The van der Waals surface area contributed by atoms with Gasteiger partial charge in [-0.1, -0.05) is 23.7 Å². The monoisotopic (exact) mass is 286 g/mol. The molecule has 0 spiro atoms. The first-order valence-corrected chi connectivity index (χ1v) is 8.03. The molecule has 102 valence electrons. The van der Waals surface area contributed by atoms with E-state index in [2.05, 4.69) is 37.3 Å². The molecule has 1 aromatic rings. The number of hydrogen-bond donors (Lipinski definition) is 1. The standard InChI is InChI=1S/C14H23ClN2S/c1-11(8-9-18-3)17(2)14(10-16)12-4-6-13(15)7-5-12/h4-7,11,14H,8-10,16H2,1-3H3. The third-order valence-electron chi connectivity index (χ3n) is 3.40. The van der Waals surface area contributed by atoms with Crippen molar-refractivity contribution in [1.82, 2.24) is 4.90 Å². The van der Waals surface area contributed by atoms with Crippen molar-refractivity contribution in [3.8, 4) is 0 Å². The maximum Gasteiger partial charge on any atom is 0.0470 e. The Morgan fingerprint density at radius 2 is 1.94 bits per heavy atom. The zero-order valence-electron chi connectivity index (χ0n) is 11.4. The van der Waals surface area contributed by atoms with Crippen LogP contribution in [-0.2, 0) is 0 Å². The lowest BCUT2D eigenvalue weighted by Gasteiger charge is -2.32. The molecule has 1 aromatic carbocycles. The highest BCUT2D eigenvalue weighted by molar-refractivity contribution is 7.98. The van der Waals surface area contributed by atoms with E-state index in [1.54, 1.807) is 0 Å². The van der Waals surface area contributed by atoms with E-state index in [1.165, 1.54) is 17.7 Å². The number of nitrogens with two attached hydrogens (primary N) is 1. The summed E-state index contributed by atoms with van der Waals surface area (Å²) in [6.45, 7) is 2.89. The third-order valence-corrected chi connectivity index (χ3v) is 4.30. The Morgan fingerprint density at radius 3 is 2.44 bits per heavy atom. The molecule has 0 bridgehead atoms. The predicted molar refractivity (Wildman–Crippen MR) is 83.5 cm³/mol. The van der Waals surface area contributed by atoms with E-state index < -0.39 is 0 Å². The van der Waals surface area contributed by atoms with Crippen LogP contribution in [0.1, 0.15) is 24.9 Å². The third kappa shape index (κ3) is 4.47. The van der Waals surface area contributed by atoms with Crippen LogP contribution in [0.15, 0.2) is 24.3 Å². The molecule has 0 aromatic heterocycles. The molecule has 18 heavy (non-hydrogen) atoms. The lowest BCUT2D eigenvalue weighted by atomic mass is 10.0. The van der Waals surface area contributed by atoms with E-state index in [9.17, 15) is 0 Å². The van der Waals surface area contributed by atoms with E-state index in [0.717, 1.165) is 5.02 Å². The first kappa shape index (κ1) is 15.8. The van der Waals surface area contributed by atoms with E-state index >= 15 is 0 Å². The molecular weight excluding hydrogens is 264 g/mol. The number of nitrogens with zero attached hydrogens (tertiary/aromatic N) is 1. The minimum atomic E-state index is 0.263. The average Bonchev–Trinajstić information content (AvgIpc) is 2.38. The minimum Gasteiger partial charge on any atom is -0.329 e. The maximum absolute atomic E-state index is 5.93. The molecule has 4 heteroatoms. The Hall–Kier alpha value is -0.220. The van der Waals surface area contributed by atoms with Gasteiger partial charge in [-0.25, -0.2) is 0 Å². The Labute approximate surface area is 120 Å². The van der Waals surface area contributed by atoms with Crippen molar-refractivity contribution in [2.75, 3.05) is 25.6 Å². The Balaban J connectivity index is 2.72. The second-order valence-corrected chi connectivity index (χ2v) is 6.02. The molecule has 0 saturated carbocycles. The number of likely N-dealkylation sites (N-methyl/N-ethyl adjacent to an activating group) is 1. The quantitative estimate of drug-likeness (QED) is 0.833. The van der Waals surface area contributed by atoms with E-state index in [0.29, 0.717) is 12.6 Å². The second-order valence-electron chi connectivity index (χ2n) is 4.60. The van der Waals surface area contributed by atoms with E-state index in [-0.39, 0.29) is 6.04 Å². The van der Waals surface area contributed by atoms with Crippen molar-refractivity contribution in [3.63, 3.8) is 0 Å². The molecule has 0 fully saturated rings. The number of rotatable bonds is 7. The van der Waals surface area contributed by atoms with Gasteiger partial charge in [-0.3, -0.25) is 4.90 Å². The van der Waals surface area contributed by atoms with Crippen molar-refractivity contribution in [2.45, 2.75) is 25.4 Å². The molecule has 0 aliphatic heterocycles. The van der Waals surface area contributed by atoms with Gasteiger partial charge >= 0.3 is 0 Å². The largest absolute Gasteiger partial charge is 0.329 e. The Morgan fingerprint density at radius 1 is 1.33 bits per heavy atom. The molecule has 2 unspecified atom stereocenters. The lowest BCUT2D eigenvalue weighted by Crippen LogP contribution is -2.37. The van der Waals surface area contributed by atoms with Crippen LogP contribution < -0.4 is 5.73 Å². The summed E-state index contributed by atoms with van der Waals surface area (Å²) in [4.78, 5) is 2.36. The molecule has 0 aliphatic rings. The first-order valence-electron chi connectivity index (χ1n) is 6.26. The van der Waals surface area contributed by atoms with Crippen LogP contribution >= 0.6 is 23.4 Å². The summed E-state index contributed by atoms with van der Waals surface area (Å²) in [5.41, 5.74) is 7.17. The van der Waals surface area contributed by atoms with E-state index in [4.69, 9.17) is 17.3 Å². The molecule has 2 nitrogen and oxygen atoms in total. The van der Waals surface area contributed by atoms with Crippen molar-refractivity contribution in [1.29, 1.82) is 0 Å². The Bertz CT molecular complexity index is 342. The van der Waals surface area contributed by atoms with Crippen LogP contribution in [0.3, 0.4) is 0 Å². The lowest BCUT2D eigenvalue weighted by molar-refractivity contribution is 0.185. The Kier molecular flexibility index (Phi) is 7.08. The molecule has 0 saturated heterocycles. The molecule has 0 heterocycles. The van der Waals surface area contributed by atoms with Crippen LogP contribution in [0.4, 0.5) is 0 Å². The molecule has 2 atom stereocenters. The van der Waals surface area contributed by atoms with Crippen LogP contribution in [0.5, 0.6) is 0 Å². The summed E-state index contributed by atoms with van der Waals surface area (Å²) in [6, 6.07) is 8.79. The molecule has 0 radical (unpaired) electrons. The van der Waals surface area contributed by atoms with Gasteiger partial charge in [0.1, 0.15) is 0 Å². The van der Waals surface area contributed by atoms with Gasteiger partial charge in [-0.2, -0.15) is 11.8 Å². The predicted octanol–water partition coefficient (Wildman–Crippen LogP) is 3.41. The fourth-order valence-corrected chi connectivity index (χ4v) is 2.72. The van der Waals surface area contributed by atoms with Gasteiger partial charge in [0.15, 0.2) is 0 Å². The summed E-state index contributed by atoms with van der Waals surface area (Å²) in [6.07, 6.45) is 3.33. The van der Waals surface area contributed by atoms with Crippen molar-refractivity contribution in [3.05, 3.63) is 34.9 Å². The molecule has 2 N–H and O–H groups in total. The SMILES string of the molecule is CSCCC(C)N(C)C(CN)c1ccc(Cl)cc1. The average molecular weight is 287 g/mol. The summed E-state index contributed by atoms with van der Waals surface area (Å²) in [5.74, 6) is 1.18. The van der Waals surface area contributed by atoms with E-state index in [1.807, 2.05) is 23.9 Å². The van der Waals surface area contributed by atoms with Crippen LogP contribution in [-0.4, -0.2) is 36.5 Å². The highest BCUT2D eigenvalue weighted by atomic mass is 35.5. The van der Waals surface area contributed by atoms with Crippen molar-refractivity contribution >= 4 is 23.4 Å². The second kappa shape index (κ2) is 8.05. The number of halogens is 1. The number of benzene rings is 1. The van der Waals surface area contributed by atoms with Crippen molar-refractivity contribution in [2.24, 2.45) is 5.73 Å². The van der Waals surface area contributed by atoms with Gasteiger partial charge in [0.25, 0.3) is 0 Å². The zero-order valence-corrected chi connectivity index (χ0v) is 13.0. The summed E-state index contributed by atoms with van der Waals surface area (Å²) >= 11 is 7.81. The molecular formula is C14H23ClN2S. The molecule has 0 amide bonds. The number of thioether (sulfide) groups is 1. The summed E-state index contributed by atoms with van der Waals surface area (Å²) in [5, 5.41) is 0.771. The normalized spacial score (nSPS) is 14.8. The number of hydrogen-bond acceptors (Lipinski definition) is 3. The van der Waals surface area contributed by atoms with Gasteiger partial charge in [-0.05, 0) is 50.1 Å². The van der Waals surface area contributed by atoms with Crippen LogP contribution in [0.2, 0.25) is 5.02 Å². The highest BCUT2D eigenvalue weighted by Gasteiger charge is 2.19. The van der Waals surface area contributed by atoms with Gasteiger partial charge in [0.05, 0.1) is 0 Å². The van der Waals surface area contributed by atoms with Gasteiger partial charge in [0, 0.05) is 23.7 Å². The van der Waals surface area contributed by atoms with Crippen LogP contribution in [0, 0.1) is 0 Å². The molecule has 1 rings (SSSR count). The highest BCUT2D eigenvalue weighted by Crippen LogP contribution is 2.23. The van der Waals surface area contributed by atoms with Crippen molar-refractivity contribution < 1.29 is 0 Å². The maximum atomic E-state index is 5.93. The van der Waals surface area contributed by atoms with Gasteiger partial charge in [-0.15, -0.1) is 0 Å². The van der Waals surface area contributed by atoms with Gasteiger partial charge < -0.3 is 5.73 Å². The first-order chi connectivity index (χ1) is 8.60. The summed E-state index contributed by atoms with van der Waals surface area (Å²) < 4.78 is 0.